The molecule has 2 rings (SSSR count). The molecular weight excluding hydrogens is 303 g/mol. The minimum Gasteiger partial charge on any atom is -0.481 e. The van der Waals surface area contributed by atoms with Crippen molar-refractivity contribution in [1.29, 1.82) is 0 Å². The van der Waals surface area contributed by atoms with E-state index in [2.05, 4.69) is 20.9 Å². The highest BCUT2D eigenvalue weighted by atomic mass is 79.9. The number of halogens is 2. The number of rotatable bonds is 3. The largest absolute Gasteiger partial charge is 0.481 e. The number of benzene rings is 1. The number of anilines is 1. The van der Waals surface area contributed by atoms with Crippen LogP contribution in [0.15, 0.2) is 22.7 Å². The molecule has 0 unspecified atom stereocenters. The Kier molecular flexibility index (Phi) is 3.47. The van der Waals surface area contributed by atoms with Gasteiger partial charge in [0.2, 0.25) is 0 Å². The molecular formula is C12H10BrFN2O2. The van der Waals surface area contributed by atoms with Gasteiger partial charge in [0.25, 0.3) is 0 Å². The molecule has 2 aromatic rings. The van der Waals surface area contributed by atoms with E-state index in [0.29, 0.717) is 21.8 Å². The summed E-state index contributed by atoms with van der Waals surface area (Å²) in [5.41, 5.74) is 6.70. The minimum absolute atomic E-state index is 0.0112. The number of nitrogen functional groups attached to an aromatic ring is 1. The van der Waals surface area contributed by atoms with E-state index in [-0.39, 0.29) is 12.2 Å². The number of carboxylic acids is 1. The van der Waals surface area contributed by atoms with E-state index in [4.69, 9.17) is 10.8 Å². The number of carboxylic acid groups (broad SMARTS) is 1. The van der Waals surface area contributed by atoms with Crippen LogP contribution >= 0.6 is 15.9 Å². The van der Waals surface area contributed by atoms with Gasteiger partial charge in [-0.1, -0.05) is 6.07 Å². The average Bonchev–Trinajstić information content (AvgIpc) is 2.31. The Hall–Kier alpha value is -1.69. The van der Waals surface area contributed by atoms with Crippen molar-refractivity contribution in [3.8, 4) is 0 Å². The monoisotopic (exact) mass is 312 g/mol. The van der Waals surface area contributed by atoms with Gasteiger partial charge in [0, 0.05) is 16.3 Å². The fourth-order valence-corrected chi connectivity index (χ4v) is 2.17. The maximum absolute atomic E-state index is 13.4. The first kappa shape index (κ1) is 12.8. The summed E-state index contributed by atoms with van der Waals surface area (Å²) in [7, 11) is 0. The molecule has 0 aliphatic carbocycles. The van der Waals surface area contributed by atoms with Crippen LogP contribution in [0.5, 0.6) is 0 Å². The number of hydrogen-bond donors (Lipinski definition) is 2. The third-order valence-corrected chi connectivity index (χ3v) is 3.25. The number of nitrogens with zero attached hydrogens (tertiary/aromatic N) is 1. The van der Waals surface area contributed by atoms with Crippen LogP contribution in [0.2, 0.25) is 0 Å². The van der Waals surface area contributed by atoms with E-state index in [1.165, 1.54) is 6.07 Å². The molecule has 4 nitrogen and oxygen atoms in total. The number of carbonyl (C=O) groups is 1. The summed E-state index contributed by atoms with van der Waals surface area (Å²) in [6.45, 7) is 0. The molecule has 0 aliphatic heterocycles. The van der Waals surface area contributed by atoms with Crippen LogP contribution in [0.25, 0.3) is 10.9 Å². The molecule has 0 bridgehead atoms. The fraction of sp³-hybridized carbons (Fsp3) is 0.167. The van der Waals surface area contributed by atoms with E-state index in [1.807, 2.05) is 0 Å². The topological polar surface area (TPSA) is 76.2 Å². The summed E-state index contributed by atoms with van der Waals surface area (Å²) in [5, 5.41) is 9.26. The average molecular weight is 313 g/mol. The Balaban J connectivity index is 2.57. The fourth-order valence-electron chi connectivity index (χ4n) is 1.73. The quantitative estimate of drug-likeness (QED) is 0.913. The third kappa shape index (κ3) is 2.43. The molecule has 0 saturated carbocycles. The first-order valence-electron chi connectivity index (χ1n) is 5.24. The predicted molar refractivity (Wildman–Crippen MR) is 69.8 cm³/mol. The van der Waals surface area contributed by atoms with Crippen molar-refractivity contribution in [1.82, 2.24) is 4.98 Å². The summed E-state index contributed by atoms with van der Waals surface area (Å²) in [6.07, 6.45) is 0.312. The Morgan fingerprint density at radius 1 is 1.50 bits per heavy atom. The Morgan fingerprint density at radius 2 is 2.22 bits per heavy atom. The van der Waals surface area contributed by atoms with Crippen molar-refractivity contribution < 1.29 is 14.3 Å². The Morgan fingerprint density at radius 3 is 2.89 bits per heavy atom. The lowest BCUT2D eigenvalue weighted by molar-refractivity contribution is -0.136. The predicted octanol–water partition coefficient (Wildman–Crippen LogP) is 2.74. The van der Waals surface area contributed by atoms with Crippen molar-refractivity contribution in [3.63, 3.8) is 0 Å². The molecule has 3 N–H and O–H groups in total. The van der Waals surface area contributed by atoms with Crippen LogP contribution < -0.4 is 5.73 Å². The molecule has 0 fully saturated rings. The second-order valence-electron chi connectivity index (χ2n) is 3.85. The number of aliphatic carboxylic acids is 1. The second kappa shape index (κ2) is 4.89. The lowest BCUT2D eigenvalue weighted by Crippen LogP contribution is -2.01. The molecule has 0 atom stereocenters. The number of pyridine rings is 1. The van der Waals surface area contributed by atoms with Gasteiger partial charge < -0.3 is 10.8 Å². The van der Waals surface area contributed by atoms with Gasteiger partial charge in [-0.15, -0.1) is 0 Å². The maximum Gasteiger partial charge on any atom is 0.303 e. The van der Waals surface area contributed by atoms with Gasteiger partial charge in [-0.2, -0.15) is 0 Å². The van der Waals surface area contributed by atoms with Crippen LogP contribution in [0.4, 0.5) is 10.2 Å². The van der Waals surface area contributed by atoms with Crippen molar-refractivity contribution in [2.75, 3.05) is 5.73 Å². The van der Waals surface area contributed by atoms with Gasteiger partial charge in [0.05, 0.1) is 5.52 Å². The van der Waals surface area contributed by atoms with E-state index >= 15 is 0 Å². The number of aryl methyl sites for hydroxylation is 1. The van der Waals surface area contributed by atoms with Crippen LogP contribution in [0.1, 0.15) is 12.0 Å². The molecule has 1 aromatic heterocycles. The van der Waals surface area contributed by atoms with Gasteiger partial charge in [-0.25, -0.2) is 9.37 Å². The Bertz CT molecular complexity index is 631. The van der Waals surface area contributed by atoms with Crippen molar-refractivity contribution in [2.24, 2.45) is 0 Å². The molecule has 0 radical (unpaired) electrons. The number of aromatic nitrogens is 1. The molecule has 0 spiro atoms. The van der Waals surface area contributed by atoms with Crippen molar-refractivity contribution in [2.45, 2.75) is 12.8 Å². The standard InChI is InChI=1S/C12H10BrFN2O2/c13-8-3-1-6(2-4-10(17)18)7-5-9(14)12(15)16-11(7)8/h1,3,5H,2,4H2,(H2,15,16)(H,17,18). The van der Waals surface area contributed by atoms with E-state index in [1.54, 1.807) is 12.1 Å². The van der Waals surface area contributed by atoms with Crippen LogP contribution in [-0.2, 0) is 11.2 Å². The van der Waals surface area contributed by atoms with Gasteiger partial charge in [0.15, 0.2) is 11.6 Å². The highest BCUT2D eigenvalue weighted by Gasteiger charge is 2.11. The van der Waals surface area contributed by atoms with Crippen molar-refractivity contribution in [3.05, 3.63) is 34.1 Å². The normalized spacial score (nSPS) is 10.8. The summed E-state index contributed by atoms with van der Waals surface area (Å²) in [6, 6.07) is 4.80. The van der Waals surface area contributed by atoms with Crippen molar-refractivity contribution >= 4 is 38.6 Å². The van der Waals surface area contributed by atoms with Gasteiger partial charge in [0.1, 0.15) is 0 Å². The molecule has 94 valence electrons. The van der Waals surface area contributed by atoms with Crippen LogP contribution in [0, 0.1) is 5.82 Å². The molecule has 18 heavy (non-hydrogen) atoms. The highest BCUT2D eigenvalue weighted by Crippen LogP contribution is 2.28. The molecule has 1 heterocycles. The number of hydrogen-bond acceptors (Lipinski definition) is 3. The summed E-state index contributed by atoms with van der Waals surface area (Å²) >= 11 is 3.31. The third-order valence-electron chi connectivity index (χ3n) is 2.61. The minimum atomic E-state index is -0.894. The van der Waals surface area contributed by atoms with Gasteiger partial charge in [-0.05, 0) is 40.0 Å². The maximum atomic E-state index is 13.4. The summed E-state index contributed by atoms with van der Waals surface area (Å²) in [4.78, 5) is 14.5. The zero-order valence-corrected chi connectivity index (χ0v) is 10.9. The first-order chi connectivity index (χ1) is 8.49. The zero-order valence-electron chi connectivity index (χ0n) is 9.28. The number of nitrogens with two attached hydrogens (primary N) is 1. The molecule has 6 heteroatoms. The number of fused-ring (bicyclic) bond motifs is 1. The van der Waals surface area contributed by atoms with Gasteiger partial charge in [-0.3, -0.25) is 4.79 Å². The SMILES string of the molecule is Nc1nc2c(Br)ccc(CCC(=O)O)c2cc1F. The van der Waals surface area contributed by atoms with E-state index < -0.39 is 11.8 Å². The molecule has 0 aliphatic rings. The Labute approximate surface area is 111 Å². The lowest BCUT2D eigenvalue weighted by Gasteiger charge is -2.08. The molecule has 1 aromatic carbocycles. The first-order valence-corrected chi connectivity index (χ1v) is 6.03. The summed E-state index contributed by atoms with van der Waals surface area (Å²) in [5.74, 6) is -1.66. The summed E-state index contributed by atoms with van der Waals surface area (Å²) < 4.78 is 14.1. The molecule has 0 amide bonds. The highest BCUT2D eigenvalue weighted by molar-refractivity contribution is 9.10. The second-order valence-corrected chi connectivity index (χ2v) is 4.71. The van der Waals surface area contributed by atoms with E-state index in [0.717, 1.165) is 5.56 Å². The van der Waals surface area contributed by atoms with Crippen LogP contribution in [-0.4, -0.2) is 16.1 Å². The lowest BCUT2D eigenvalue weighted by atomic mass is 10.0. The zero-order chi connectivity index (χ0) is 13.3. The van der Waals surface area contributed by atoms with E-state index in [9.17, 15) is 9.18 Å². The van der Waals surface area contributed by atoms with Gasteiger partial charge >= 0.3 is 5.97 Å². The smallest absolute Gasteiger partial charge is 0.303 e. The molecule has 0 saturated heterocycles. The van der Waals surface area contributed by atoms with Crippen LogP contribution in [0.3, 0.4) is 0 Å².